The highest BCUT2D eigenvalue weighted by molar-refractivity contribution is 7.85. The Hall–Kier alpha value is -3.15. The minimum atomic E-state index is -4.26. The van der Waals surface area contributed by atoms with Crippen LogP contribution in [0.15, 0.2) is 71.3 Å². The maximum absolute atomic E-state index is 12.0. The second kappa shape index (κ2) is 8.80. The number of nitrogens with one attached hydrogen (secondary N) is 2. The number of hydrogen-bond donors (Lipinski definition) is 3. The van der Waals surface area contributed by atoms with Gasteiger partial charge in [0.2, 0.25) is 0 Å². The molecule has 2 aromatic rings. The van der Waals surface area contributed by atoms with Crippen molar-refractivity contribution in [2.75, 3.05) is 11.9 Å². The van der Waals surface area contributed by atoms with Crippen molar-refractivity contribution in [1.29, 1.82) is 5.26 Å². The van der Waals surface area contributed by atoms with E-state index in [-0.39, 0.29) is 10.5 Å². The van der Waals surface area contributed by atoms with Crippen LogP contribution in [0.25, 0.3) is 0 Å². The number of nitriles is 1. The molecule has 2 rings (SSSR count). The Morgan fingerprint density at radius 3 is 2.35 bits per heavy atom. The molecule has 134 valence electrons. The standard InChI is InChI=1S/C18H17N3O4S/c19-12-15(18(22)20-11-10-14-4-2-1-3-5-14)13-21-16-6-8-17(9-7-16)26(23,24)25/h1-9,13,21H,10-11H2,(H,20,22)(H,23,24,25)/b15-13-. The minimum absolute atomic E-state index is 0.114. The first-order valence-electron chi connectivity index (χ1n) is 7.66. The van der Waals surface area contributed by atoms with E-state index >= 15 is 0 Å². The van der Waals surface area contributed by atoms with Crippen LogP contribution in [0, 0.1) is 11.3 Å². The largest absolute Gasteiger partial charge is 0.360 e. The average molecular weight is 371 g/mol. The SMILES string of the molecule is N#C/C(=C/Nc1ccc(S(=O)(=O)O)cc1)C(=O)NCCc1ccccc1. The summed E-state index contributed by atoms with van der Waals surface area (Å²) < 4.78 is 30.9. The van der Waals surface area contributed by atoms with Gasteiger partial charge in [-0.15, -0.1) is 0 Å². The molecular weight excluding hydrogens is 354 g/mol. The van der Waals surface area contributed by atoms with E-state index in [4.69, 9.17) is 9.81 Å². The van der Waals surface area contributed by atoms with Gasteiger partial charge in [-0.3, -0.25) is 9.35 Å². The zero-order valence-electron chi connectivity index (χ0n) is 13.7. The number of benzene rings is 2. The number of anilines is 1. The molecule has 8 heteroatoms. The van der Waals surface area contributed by atoms with Crippen LogP contribution in [0.4, 0.5) is 5.69 Å². The maximum atomic E-state index is 12.0. The Balaban J connectivity index is 1.92. The van der Waals surface area contributed by atoms with Crippen molar-refractivity contribution in [2.45, 2.75) is 11.3 Å². The molecule has 0 aliphatic rings. The molecule has 0 saturated heterocycles. The van der Waals surface area contributed by atoms with Gasteiger partial charge in [-0.1, -0.05) is 30.3 Å². The minimum Gasteiger partial charge on any atom is -0.360 e. The van der Waals surface area contributed by atoms with Crippen molar-refractivity contribution in [3.05, 3.63) is 71.9 Å². The summed E-state index contributed by atoms with van der Waals surface area (Å²) in [5, 5.41) is 14.5. The Morgan fingerprint density at radius 2 is 1.77 bits per heavy atom. The quantitative estimate of drug-likeness (QED) is 0.390. The normalized spacial score (nSPS) is 11.5. The molecule has 0 unspecified atom stereocenters. The van der Waals surface area contributed by atoms with E-state index in [2.05, 4.69) is 10.6 Å². The van der Waals surface area contributed by atoms with E-state index in [9.17, 15) is 13.2 Å². The van der Waals surface area contributed by atoms with Crippen molar-refractivity contribution >= 4 is 21.7 Å². The third-order valence-corrected chi connectivity index (χ3v) is 4.31. The Bertz CT molecular complexity index is 931. The van der Waals surface area contributed by atoms with Crippen LogP contribution in [0.3, 0.4) is 0 Å². The van der Waals surface area contributed by atoms with Gasteiger partial charge in [-0.2, -0.15) is 13.7 Å². The van der Waals surface area contributed by atoms with Gasteiger partial charge < -0.3 is 10.6 Å². The first kappa shape index (κ1) is 19.2. The molecule has 0 aliphatic carbocycles. The summed E-state index contributed by atoms with van der Waals surface area (Å²) in [5.74, 6) is -0.509. The lowest BCUT2D eigenvalue weighted by Gasteiger charge is -2.06. The summed E-state index contributed by atoms with van der Waals surface area (Å²) in [4.78, 5) is 11.8. The number of amides is 1. The zero-order valence-corrected chi connectivity index (χ0v) is 14.5. The van der Waals surface area contributed by atoms with Gasteiger partial charge in [0.15, 0.2) is 0 Å². The molecule has 3 N–H and O–H groups in total. The van der Waals surface area contributed by atoms with Crippen molar-refractivity contribution in [3.8, 4) is 6.07 Å². The van der Waals surface area contributed by atoms with E-state index in [1.165, 1.54) is 30.5 Å². The number of nitrogens with zero attached hydrogens (tertiary/aromatic N) is 1. The molecule has 0 heterocycles. The smallest absolute Gasteiger partial charge is 0.294 e. The van der Waals surface area contributed by atoms with Crippen LogP contribution in [0.5, 0.6) is 0 Å². The summed E-state index contributed by atoms with van der Waals surface area (Å²) in [6.45, 7) is 0.394. The Morgan fingerprint density at radius 1 is 1.12 bits per heavy atom. The lowest BCUT2D eigenvalue weighted by molar-refractivity contribution is -0.117. The molecule has 0 aliphatic heterocycles. The summed E-state index contributed by atoms with van der Waals surface area (Å²) >= 11 is 0. The maximum Gasteiger partial charge on any atom is 0.294 e. The first-order chi connectivity index (χ1) is 12.4. The van der Waals surface area contributed by atoms with Gasteiger partial charge >= 0.3 is 0 Å². The Kier molecular flexibility index (Phi) is 6.49. The molecule has 0 atom stereocenters. The van der Waals surface area contributed by atoms with Gasteiger partial charge in [0, 0.05) is 18.4 Å². The lowest BCUT2D eigenvalue weighted by atomic mass is 10.1. The fourth-order valence-corrected chi connectivity index (χ4v) is 2.57. The summed E-state index contributed by atoms with van der Waals surface area (Å²) in [7, 11) is -4.26. The molecule has 7 nitrogen and oxygen atoms in total. The van der Waals surface area contributed by atoms with E-state index < -0.39 is 16.0 Å². The fraction of sp³-hybridized carbons (Fsp3) is 0.111. The number of hydrogen-bond acceptors (Lipinski definition) is 5. The highest BCUT2D eigenvalue weighted by atomic mass is 32.2. The third-order valence-electron chi connectivity index (χ3n) is 3.44. The van der Waals surface area contributed by atoms with Crippen LogP contribution in [-0.2, 0) is 21.3 Å². The van der Waals surface area contributed by atoms with Gasteiger partial charge in [0.25, 0.3) is 16.0 Å². The summed E-state index contributed by atoms with van der Waals surface area (Å²) in [6, 6.07) is 16.7. The molecule has 0 spiro atoms. The molecule has 0 saturated carbocycles. The van der Waals surface area contributed by atoms with Crippen LogP contribution in [-0.4, -0.2) is 25.4 Å². The van der Waals surface area contributed by atoms with Gasteiger partial charge in [0.05, 0.1) is 4.90 Å². The van der Waals surface area contributed by atoms with Crippen LogP contribution in [0.1, 0.15) is 5.56 Å². The predicted octanol–water partition coefficient (Wildman–Crippen LogP) is 2.11. The highest BCUT2D eigenvalue weighted by Crippen LogP contribution is 2.14. The van der Waals surface area contributed by atoms with Crippen molar-refractivity contribution in [1.82, 2.24) is 5.32 Å². The number of carbonyl (C=O) groups is 1. The molecular formula is C18H17N3O4S. The van der Waals surface area contributed by atoms with Gasteiger partial charge in [-0.05, 0) is 36.2 Å². The van der Waals surface area contributed by atoms with Crippen molar-refractivity contribution in [3.63, 3.8) is 0 Å². The predicted molar refractivity (Wildman–Crippen MR) is 96.7 cm³/mol. The number of carbonyl (C=O) groups excluding carboxylic acids is 1. The molecule has 0 radical (unpaired) electrons. The van der Waals surface area contributed by atoms with Crippen molar-refractivity contribution in [2.24, 2.45) is 0 Å². The lowest BCUT2D eigenvalue weighted by Crippen LogP contribution is -2.27. The second-order valence-corrected chi connectivity index (χ2v) is 6.73. The fourth-order valence-electron chi connectivity index (χ4n) is 2.09. The summed E-state index contributed by atoms with van der Waals surface area (Å²) in [5.41, 5.74) is 1.42. The van der Waals surface area contributed by atoms with Crippen LogP contribution in [0.2, 0.25) is 0 Å². The van der Waals surface area contributed by atoms with Crippen LogP contribution >= 0.6 is 0 Å². The molecule has 0 fully saturated rings. The van der Waals surface area contributed by atoms with E-state index in [1.807, 2.05) is 36.4 Å². The topological polar surface area (TPSA) is 119 Å². The van der Waals surface area contributed by atoms with Gasteiger partial charge in [0.1, 0.15) is 11.6 Å². The molecule has 0 bridgehead atoms. The third kappa shape index (κ3) is 5.73. The van der Waals surface area contributed by atoms with E-state index in [0.717, 1.165) is 5.56 Å². The summed E-state index contributed by atoms with van der Waals surface area (Å²) in [6.07, 6.45) is 1.89. The molecule has 2 aromatic carbocycles. The monoisotopic (exact) mass is 371 g/mol. The first-order valence-corrected chi connectivity index (χ1v) is 9.10. The highest BCUT2D eigenvalue weighted by Gasteiger charge is 2.10. The zero-order chi connectivity index (χ0) is 19.0. The van der Waals surface area contributed by atoms with Crippen LogP contribution < -0.4 is 10.6 Å². The Labute approximate surface area is 151 Å². The van der Waals surface area contributed by atoms with E-state index in [1.54, 1.807) is 0 Å². The van der Waals surface area contributed by atoms with Crippen molar-refractivity contribution < 1.29 is 17.8 Å². The van der Waals surface area contributed by atoms with E-state index in [0.29, 0.717) is 18.7 Å². The molecule has 26 heavy (non-hydrogen) atoms. The molecule has 0 aromatic heterocycles. The number of rotatable bonds is 7. The average Bonchev–Trinajstić information content (AvgIpc) is 2.63. The molecule has 1 amide bonds. The van der Waals surface area contributed by atoms with Gasteiger partial charge in [-0.25, -0.2) is 0 Å². The second-order valence-electron chi connectivity index (χ2n) is 5.31.